The zero-order valence-corrected chi connectivity index (χ0v) is 12.4. The molecule has 0 bridgehead atoms. The lowest BCUT2D eigenvalue weighted by Gasteiger charge is -2.25. The van der Waals surface area contributed by atoms with Gasteiger partial charge in [0.2, 0.25) is 0 Å². The SMILES string of the molecule is CCCC(CNC(=O)N(C)C(C)CSC)C(=O)O. The van der Waals surface area contributed by atoms with Crippen molar-refractivity contribution in [2.75, 3.05) is 25.6 Å². The number of carbonyl (C=O) groups is 2. The van der Waals surface area contributed by atoms with E-state index < -0.39 is 11.9 Å². The summed E-state index contributed by atoms with van der Waals surface area (Å²) in [7, 11) is 1.73. The Labute approximate surface area is 113 Å². The molecule has 0 aromatic carbocycles. The smallest absolute Gasteiger partial charge is 0.317 e. The van der Waals surface area contributed by atoms with Crippen molar-refractivity contribution in [2.24, 2.45) is 5.92 Å². The lowest BCUT2D eigenvalue weighted by Crippen LogP contribution is -2.45. The normalized spacial score (nSPS) is 13.8. The van der Waals surface area contributed by atoms with E-state index in [1.807, 2.05) is 20.1 Å². The molecule has 6 heteroatoms. The highest BCUT2D eigenvalue weighted by Crippen LogP contribution is 2.07. The van der Waals surface area contributed by atoms with Gasteiger partial charge in [0.25, 0.3) is 0 Å². The van der Waals surface area contributed by atoms with Gasteiger partial charge in [-0.25, -0.2) is 4.79 Å². The van der Waals surface area contributed by atoms with Gasteiger partial charge in [0.05, 0.1) is 5.92 Å². The van der Waals surface area contributed by atoms with E-state index in [0.29, 0.717) is 6.42 Å². The Morgan fingerprint density at radius 1 is 1.44 bits per heavy atom. The standard InChI is InChI=1S/C12H24N2O3S/c1-5-6-10(11(15)16)7-13-12(17)14(3)9(2)8-18-4/h9-10H,5-8H2,1-4H3,(H,13,17)(H,15,16). The summed E-state index contributed by atoms with van der Waals surface area (Å²) in [5.41, 5.74) is 0. The average Bonchev–Trinajstić information content (AvgIpc) is 2.32. The molecule has 0 spiro atoms. The highest BCUT2D eigenvalue weighted by atomic mass is 32.2. The Hall–Kier alpha value is -0.910. The summed E-state index contributed by atoms with van der Waals surface area (Å²) in [5, 5.41) is 11.7. The topological polar surface area (TPSA) is 69.6 Å². The van der Waals surface area contributed by atoms with E-state index in [2.05, 4.69) is 5.32 Å². The van der Waals surface area contributed by atoms with Crippen LogP contribution in [0.3, 0.4) is 0 Å². The van der Waals surface area contributed by atoms with Gasteiger partial charge >= 0.3 is 12.0 Å². The molecule has 0 aromatic rings. The molecular formula is C12H24N2O3S. The van der Waals surface area contributed by atoms with Gasteiger partial charge < -0.3 is 15.3 Å². The number of amides is 2. The third-order valence-electron chi connectivity index (χ3n) is 2.88. The number of aliphatic carboxylic acids is 1. The number of carboxylic acid groups (broad SMARTS) is 1. The minimum Gasteiger partial charge on any atom is -0.481 e. The maximum Gasteiger partial charge on any atom is 0.317 e. The van der Waals surface area contributed by atoms with Crippen LogP contribution in [0.4, 0.5) is 4.79 Å². The third-order valence-corrected chi connectivity index (χ3v) is 3.69. The molecule has 2 unspecified atom stereocenters. The lowest BCUT2D eigenvalue weighted by molar-refractivity contribution is -0.141. The van der Waals surface area contributed by atoms with Crippen LogP contribution in [0.5, 0.6) is 0 Å². The van der Waals surface area contributed by atoms with Crippen molar-refractivity contribution in [1.29, 1.82) is 0 Å². The van der Waals surface area contributed by atoms with Crippen LogP contribution in [-0.4, -0.2) is 53.6 Å². The molecule has 0 aromatic heterocycles. The summed E-state index contributed by atoms with van der Waals surface area (Å²) in [5.74, 6) is -0.485. The van der Waals surface area contributed by atoms with Gasteiger partial charge in [-0.3, -0.25) is 4.79 Å². The molecule has 0 aliphatic carbocycles. The fourth-order valence-electron chi connectivity index (χ4n) is 1.55. The van der Waals surface area contributed by atoms with Gasteiger partial charge in [-0.1, -0.05) is 13.3 Å². The summed E-state index contributed by atoms with van der Waals surface area (Å²) in [6, 6.07) is -0.0756. The quantitative estimate of drug-likeness (QED) is 0.710. The fraction of sp³-hybridized carbons (Fsp3) is 0.833. The number of hydrogen-bond acceptors (Lipinski definition) is 3. The van der Waals surface area contributed by atoms with Gasteiger partial charge in [-0.05, 0) is 19.6 Å². The molecule has 0 saturated heterocycles. The minimum absolute atomic E-state index is 0.134. The van der Waals surface area contributed by atoms with Crippen LogP contribution in [-0.2, 0) is 4.79 Å². The molecule has 2 atom stereocenters. The second kappa shape index (κ2) is 9.08. The molecule has 0 aliphatic rings. The zero-order valence-electron chi connectivity index (χ0n) is 11.6. The van der Waals surface area contributed by atoms with E-state index in [1.165, 1.54) is 0 Å². The van der Waals surface area contributed by atoms with Crippen LogP contribution >= 0.6 is 11.8 Å². The summed E-state index contributed by atoms with van der Waals surface area (Å²) in [6.07, 6.45) is 3.37. The molecule has 0 saturated carbocycles. The number of hydrogen-bond donors (Lipinski definition) is 2. The monoisotopic (exact) mass is 276 g/mol. The highest BCUT2D eigenvalue weighted by Gasteiger charge is 2.20. The first-order valence-electron chi connectivity index (χ1n) is 6.16. The summed E-state index contributed by atoms with van der Waals surface area (Å²) >= 11 is 1.68. The van der Waals surface area contributed by atoms with Crippen LogP contribution in [0, 0.1) is 5.92 Å². The van der Waals surface area contributed by atoms with Crippen LogP contribution < -0.4 is 5.32 Å². The van der Waals surface area contributed by atoms with Crippen molar-refractivity contribution in [1.82, 2.24) is 10.2 Å². The van der Waals surface area contributed by atoms with Crippen LogP contribution in [0.15, 0.2) is 0 Å². The number of carboxylic acids is 1. The molecule has 0 aliphatic heterocycles. The van der Waals surface area contributed by atoms with E-state index >= 15 is 0 Å². The van der Waals surface area contributed by atoms with Gasteiger partial charge in [-0.2, -0.15) is 11.8 Å². The Balaban J connectivity index is 4.18. The maximum absolute atomic E-state index is 11.8. The predicted octanol–water partition coefficient (Wildman–Crippen LogP) is 1.88. The molecule has 2 N–H and O–H groups in total. The van der Waals surface area contributed by atoms with E-state index in [4.69, 9.17) is 5.11 Å². The van der Waals surface area contributed by atoms with E-state index in [-0.39, 0.29) is 18.6 Å². The summed E-state index contributed by atoms with van der Waals surface area (Å²) < 4.78 is 0. The molecular weight excluding hydrogens is 252 g/mol. The number of nitrogens with one attached hydrogen (secondary N) is 1. The number of thioether (sulfide) groups is 1. The van der Waals surface area contributed by atoms with Crippen molar-refractivity contribution in [2.45, 2.75) is 32.7 Å². The first kappa shape index (κ1) is 17.1. The van der Waals surface area contributed by atoms with E-state index in [1.54, 1.807) is 23.7 Å². The first-order chi connectivity index (χ1) is 8.43. The Bertz CT molecular complexity index is 274. The molecule has 0 fully saturated rings. The minimum atomic E-state index is -0.850. The largest absolute Gasteiger partial charge is 0.481 e. The Morgan fingerprint density at radius 3 is 2.50 bits per heavy atom. The van der Waals surface area contributed by atoms with Crippen molar-refractivity contribution in [3.05, 3.63) is 0 Å². The zero-order chi connectivity index (χ0) is 14.1. The highest BCUT2D eigenvalue weighted by molar-refractivity contribution is 7.98. The van der Waals surface area contributed by atoms with Gasteiger partial charge in [0, 0.05) is 25.4 Å². The van der Waals surface area contributed by atoms with Gasteiger partial charge in [0.1, 0.15) is 0 Å². The van der Waals surface area contributed by atoms with E-state index in [0.717, 1.165) is 12.2 Å². The fourth-order valence-corrected chi connectivity index (χ4v) is 2.26. The number of carbonyl (C=O) groups excluding carboxylic acids is 1. The average molecular weight is 276 g/mol. The molecule has 0 heterocycles. The first-order valence-corrected chi connectivity index (χ1v) is 7.55. The number of rotatable bonds is 8. The second-order valence-corrected chi connectivity index (χ2v) is 5.34. The third kappa shape index (κ3) is 6.14. The van der Waals surface area contributed by atoms with Crippen molar-refractivity contribution in [3.8, 4) is 0 Å². The van der Waals surface area contributed by atoms with Gasteiger partial charge in [-0.15, -0.1) is 0 Å². The summed E-state index contributed by atoms with van der Waals surface area (Å²) in [4.78, 5) is 24.4. The molecule has 0 rings (SSSR count). The Morgan fingerprint density at radius 2 is 2.06 bits per heavy atom. The maximum atomic E-state index is 11.8. The molecule has 106 valence electrons. The number of urea groups is 1. The van der Waals surface area contributed by atoms with Gasteiger partial charge in [0.15, 0.2) is 0 Å². The molecule has 0 radical (unpaired) electrons. The van der Waals surface area contributed by atoms with Crippen LogP contribution in [0.2, 0.25) is 0 Å². The van der Waals surface area contributed by atoms with E-state index in [9.17, 15) is 9.59 Å². The molecule has 18 heavy (non-hydrogen) atoms. The predicted molar refractivity (Wildman–Crippen MR) is 75.0 cm³/mol. The molecule has 2 amide bonds. The Kier molecular flexibility index (Phi) is 8.62. The van der Waals surface area contributed by atoms with Crippen LogP contribution in [0.25, 0.3) is 0 Å². The van der Waals surface area contributed by atoms with Crippen molar-refractivity contribution < 1.29 is 14.7 Å². The lowest BCUT2D eigenvalue weighted by atomic mass is 10.0. The second-order valence-electron chi connectivity index (χ2n) is 4.43. The van der Waals surface area contributed by atoms with Crippen molar-refractivity contribution in [3.63, 3.8) is 0 Å². The molecule has 5 nitrogen and oxygen atoms in total. The van der Waals surface area contributed by atoms with Crippen LogP contribution in [0.1, 0.15) is 26.7 Å². The van der Waals surface area contributed by atoms with Crippen molar-refractivity contribution >= 4 is 23.8 Å². The number of nitrogens with zero attached hydrogens (tertiary/aromatic N) is 1. The summed E-state index contributed by atoms with van der Waals surface area (Å²) in [6.45, 7) is 4.10.